The van der Waals surface area contributed by atoms with Crippen LogP contribution in [-0.4, -0.2) is 16.1 Å². The number of hydrogen-bond acceptors (Lipinski definition) is 3. The van der Waals surface area contributed by atoms with Crippen LogP contribution in [0.3, 0.4) is 0 Å². The van der Waals surface area contributed by atoms with E-state index in [9.17, 15) is 0 Å². The first-order valence-electron chi connectivity index (χ1n) is 4.41. The van der Waals surface area contributed by atoms with Gasteiger partial charge in [0.1, 0.15) is 12.4 Å². The molecule has 4 heteroatoms. The van der Waals surface area contributed by atoms with E-state index in [1.54, 1.807) is 6.20 Å². The van der Waals surface area contributed by atoms with Gasteiger partial charge >= 0.3 is 0 Å². The zero-order valence-corrected chi connectivity index (χ0v) is 8.00. The Kier molecular flexibility index (Phi) is 2.64. The van der Waals surface area contributed by atoms with E-state index in [1.165, 1.54) is 12.7 Å². The minimum absolute atomic E-state index is 0.344. The number of alkyl halides is 1. The lowest BCUT2D eigenvalue weighted by Gasteiger charge is -2.26. The zero-order valence-electron chi connectivity index (χ0n) is 7.24. The summed E-state index contributed by atoms with van der Waals surface area (Å²) in [7, 11) is 0. The highest BCUT2D eigenvalue weighted by Crippen LogP contribution is 2.25. The van der Waals surface area contributed by atoms with Crippen molar-refractivity contribution in [3.63, 3.8) is 0 Å². The lowest BCUT2D eigenvalue weighted by Crippen LogP contribution is -2.25. The van der Waals surface area contributed by atoms with Gasteiger partial charge in [0.15, 0.2) is 0 Å². The Labute approximate surface area is 82.1 Å². The molecule has 2 rings (SSSR count). The fourth-order valence-corrected chi connectivity index (χ4v) is 1.37. The van der Waals surface area contributed by atoms with E-state index in [1.807, 2.05) is 0 Å². The molecule has 1 aromatic heterocycles. The summed E-state index contributed by atoms with van der Waals surface area (Å²) < 4.78 is 5.64. The van der Waals surface area contributed by atoms with Gasteiger partial charge in [-0.05, 0) is 19.3 Å². The van der Waals surface area contributed by atoms with Crippen molar-refractivity contribution >= 4 is 11.6 Å². The van der Waals surface area contributed by atoms with Crippen molar-refractivity contribution in [3.8, 4) is 5.88 Å². The molecular formula is C9H11ClN2O. The Bertz CT molecular complexity index is 289. The van der Waals surface area contributed by atoms with E-state index in [0.29, 0.717) is 17.9 Å². The smallest absolute Gasteiger partial charge is 0.221 e. The van der Waals surface area contributed by atoms with Crippen molar-refractivity contribution < 1.29 is 4.74 Å². The molecule has 0 amide bonds. The van der Waals surface area contributed by atoms with Crippen LogP contribution < -0.4 is 4.74 Å². The third kappa shape index (κ3) is 1.91. The van der Waals surface area contributed by atoms with Gasteiger partial charge in [0.2, 0.25) is 5.88 Å². The van der Waals surface area contributed by atoms with E-state index in [0.717, 1.165) is 18.4 Å². The van der Waals surface area contributed by atoms with Crippen molar-refractivity contribution in [1.29, 1.82) is 0 Å². The van der Waals surface area contributed by atoms with Gasteiger partial charge in [-0.2, -0.15) is 0 Å². The van der Waals surface area contributed by atoms with Crippen molar-refractivity contribution in [2.75, 3.05) is 0 Å². The van der Waals surface area contributed by atoms with E-state index < -0.39 is 0 Å². The average molecular weight is 199 g/mol. The highest BCUT2D eigenvalue weighted by Gasteiger charge is 2.20. The summed E-state index contributed by atoms with van der Waals surface area (Å²) in [5.74, 6) is 1.05. The molecule has 1 heterocycles. The molecule has 0 bridgehead atoms. The Balaban J connectivity index is 2.08. The molecule has 1 aromatic rings. The minimum Gasteiger partial charge on any atom is -0.474 e. The van der Waals surface area contributed by atoms with Gasteiger partial charge in [0.25, 0.3) is 0 Å². The topological polar surface area (TPSA) is 35.0 Å². The van der Waals surface area contributed by atoms with Crippen LogP contribution in [0.1, 0.15) is 24.8 Å². The molecule has 0 aromatic carbocycles. The Morgan fingerprint density at radius 3 is 3.00 bits per heavy atom. The first-order chi connectivity index (χ1) is 6.40. The fourth-order valence-electron chi connectivity index (χ4n) is 1.19. The molecule has 0 unspecified atom stereocenters. The summed E-state index contributed by atoms with van der Waals surface area (Å²) in [4.78, 5) is 7.95. The van der Waals surface area contributed by atoms with Gasteiger partial charge in [0, 0.05) is 11.8 Å². The van der Waals surface area contributed by atoms with Crippen LogP contribution in [0.5, 0.6) is 5.88 Å². The quantitative estimate of drug-likeness (QED) is 0.699. The zero-order chi connectivity index (χ0) is 9.10. The average Bonchev–Trinajstić information content (AvgIpc) is 2.12. The maximum Gasteiger partial charge on any atom is 0.221 e. The third-order valence-corrected chi connectivity index (χ3v) is 2.51. The molecule has 0 aliphatic heterocycles. The van der Waals surface area contributed by atoms with Gasteiger partial charge in [-0.15, -0.1) is 11.6 Å². The monoisotopic (exact) mass is 198 g/mol. The number of hydrogen-bond donors (Lipinski definition) is 0. The van der Waals surface area contributed by atoms with Gasteiger partial charge in [-0.1, -0.05) is 0 Å². The predicted octanol–water partition coefficient (Wildman–Crippen LogP) is 2.15. The molecule has 1 aliphatic rings. The van der Waals surface area contributed by atoms with Crippen LogP contribution in [0.25, 0.3) is 0 Å². The first-order valence-corrected chi connectivity index (χ1v) is 4.95. The van der Waals surface area contributed by atoms with Gasteiger partial charge in [-0.25, -0.2) is 9.97 Å². The molecule has 0 saturated heterocycles. The third-order valence-electron chi connectivity index (χ3n) is 2.22. The first kappa shape index (κ1) is 8.75. The number of aromatic nitrogens is 2. The minimum atomic E-state index is 0.344. The van der Waals surface area contributed by atoms with Crippen LogP contribution in [0.2, 0.25) is 0 Å². The normalized spacial score (nSPS) is 16.7. The molecule has 0 radical (unpaired) electrons. The largest absolute Gasteiger partial charge is 0.474 e. The summed E-state index contributed by atoms with van der Waals surface area (Å²) in [5, 5.41) is 0. The molecule has 0 spiro atoms. The summed E-state index contributed by atoms with van der Waals surface area (Å²) >= 11 is 5.72. The lowest BCUT2D eigenvalue weighted by atomic mass is 9.96. The summed E-state index contributed by atoms with van der Waals surface area (Å²) in [6, 6.07) is 0. The highest BCUT2D eigenvalue weighted by molar-refractivity contribution is 6.17. The molecule has 1 aliphatic carbocycles. The molecule has 1 saturated carbocycles. The predicted molar refractivity (Wildman–Crippen MR) is 49.9 cm³/mol. The highest BCUT2D eigenvalue weighted by atomic mass is 35.5. The van der Waals surface area contributed by atoms with Crippen LogP contribution in [0.15, 0.2) is 12.5 Å². The van der Waals surface area contributed by atoms with Crippen molar-refractivity contribution in [1.82, 2.24) is 9.97 Å². The number of nitrogens with zero attached hydrogens (tertiary/aromatic N) is 2. The van der Waals surface area contributed by atoms with E-state index >= 15 is 0 Å². The number of halogens is 1. The molecule has 0 atom stereocenters. The van der Waals surface area contributed by atoms with Crippen LogP contribution in [0, 0.1) is 0 Å². The second kappa shape index (κ2) is 3.92. The Morgan fingerprint density at radius 2 is 2.38 bits per heavy atom. The van der Waals surface area contributed by atoms with Crippen LogP contribution in [-0.2, 0) is 5.88 Å². The van der Waals surface area contributed by atoms with Gasteiger partial charge < -0.3 is 4.74 Å². The van der Waals surface area contributed by atoms with Gasteiger partial charge in [-0.3, -0.25) is 0 Å². The van der Waals surface area contributed by atoms with E-state index in [2.05, 4.69) is 9.97 Å². The molecular weight excluding hydrogens is 188 g/mol. The summed E-state index contributed by atoms with van der Waals surface area (Å²) in [6.07, 6.45) is 7.05. The van der Waals surface area contributed by atoms with Crippen molar-refractivity contribution in [3.05, 3.63) is 18.1 Å². The number of rotatable bonds is 3. The Morgan fingerprint density at radius 1 is 1.54 bits per heavy atom. The maximum absolute atomic E-state index is 5.72. The van der Waals surface area contributed by atoms with E-state index in [-0.39, 0.29) is 0 Å². The molecule has 1 fully saturated rings. The number of ether oxygens (including phenoxy) is 1. The van der Waals surface area contributed by atoms with E-state index in [4.69, 9.17) is 16.3 Å². The second-order valence-electron chi connectivity index (χ2n) is 3.16. The molecule has 3 nitrogen and oxygen atoms in total. The fraction of sp³-hybridized carbons (Fsp3) is 0.556. The standard InChI is InChI=1S/C9H11ClN2O/c10-4-7-5-11-6-12-9(7)13-8-2-1-3-8/h5-6,8H,1-4H2. The summed E-state index contributed by atoms with van der Waals surface area (Å²) in [6.45, 7) is 0. The second-order valence-corrected chi connectivity index (χ2v) is 3.42. The maximum atomic E-state index is 5.72. The SMILES string of the molecule is ClCc1cncnc1OC1CCC1. The van der Waals surface area contributed by atoms with Crippen molar-refractivity contribution in [2.24, 2.45) is 0 Å². The lowest BCUT2D eigenvalue weighted by molar-refractivity contribution is 0.113. The molecule has 70 valence electrons. The molecule has 0 N–H and O–H groups in total. The summed E-state index contributed by atoms with van der Waals surface area (Å²) in [5.41, 5.74) is 0.871. The van der Waals surface area contributed by atoms with Crippen LogP contribution in [0.4, 0.5) is 0 Å². The molecule has 13 heavy (non-hydrogen) atoms. The van der Waals surface area contributed by atoms with Gasteiger partial charge in [0.05, 0.1) is 5.88 Å². The van der Waals surface area contributed by atoms with Crippen LogP contribution >= 0.6 is 11.6 Å². The Hall–Kier alpha value is -0.830. The van der Waals surface area contributed by atoms with Crippen molar-refractivity contribution in [2.45, 2.75) is 31.2 Å².